The third-order valence-corrected chi connectivity index (χ3v) is 18.0. The summed E-state index contributed by atoms with van der Waals surface area (Å²) < 4.78 is 14.1. The van der Waals surface area contributed by atoms with E-state index in [4.69, 9.17) is 8.85 Å². The minimum absolute atomic E-state index is 1.39. The highest BCUT2D eigenvalue weighted by Gasteiger charge is 2.50. The molecular weight excluding hydrogens is 238 g/mol. The molecule has 0 rings (SSSR count). The van der Waals surface area contributed by atoms with Crippen LogP contribution in [0.25, 0.3) is 0 Å². The number of nitrogens with zero attached hydrogens (tertiary/aromatic N) is 1. The lowest BCUT2D eigenvalue weighted by Crippen LogP contribution is -2.72. The standard InChI is InChI=1S/C9H27NO2Si3/c1-11-15(9,12-2)10(13(3,4)5)14(6,7)8/h1-9H3. The molecule has 0 atom stereocenters. The summed E-state index contributed by atoms with van der Waals surface area (Å²) in [4.78, 5) is 0. The lowest BCUT2D eigenvalue weighted by molar-refractivity contribution is 0.222. The minimum atomic E-state index is -2.14. The molecule has 0 aliphatic rings. The van der Waals surface area contributed by atoms with Crippen molar-refractivity contribution in [1.29, 1.82) is 0 Å². The van der Waals surface area contributed by atoms with Gasteiger partial charge in [0.2, 0.25) is 0 Å². The van der Waals surface area contributed by atoms with E-state index in [2.05, 4.69) is 49.7 Å². The minimum Gasteiger partial charge on any atom is -0.387 e. The van der Waals surface area contributed by atoms with E-state index in [1.165, 1.54) is 0 Å². The van der Waals surface area contributed by atoms with Gasteiger partial charge in [0.1, 0.15) is 16.5 Å². The van der Waals surface area contributed by atoms with Crippen molar-refractivity contribution in [3.8, 4) is 0 Å². The highest BCUT2D eigenvalue weighted by molar-refractivity contribution is 7.00. The maximum atomic E-state index is 5.71. The molecule has 0 bridgehead atoms. The van der Waals surface area contributed by atoms with Gasteiger partial charge < -0.3 is 12.7 Å². The molecule has 0 saturated carbocycles. The Hall–Kier alpha value is 0.531. The molecule has 0 heterocycles. The van der Waals surface area contributed by atoms with Gasteiger partial charge in [-0.15, -0.1) is 0 Å². The second-order valence-electron chi connectivity index (χ2n) is 5.98. The molecule has 0 amide bonds. The van der Waals surface area contributed by atoms with Gasteiger partial charge in [-0.05, 0) is 6.55 Å². The highest BCUT2D eigenvalue weighted by atomic mass is 28.5. The van der Waals surface area contributed by atoms with Gasteiger partial charge in [0.25, 0.3) is 0 Å². The predicted molar refractivity (Wildman–Crippen MR) is 74.2 cm³/mol. The first-order chi connectivity index (χ1) is 6.49. The van der Waals surface area contributed by atoms with Gasteiger partial charge in [-0.1, -0.05) is 39.3 Å². The molecule has 15 heavy (non-hydrogen) atoms. The molecule has 0 fully saturated rings. The summed E-state index contributed by atoms with van der Waals surface area (Å²) in [5.74, 6) is 0. The van der Waals surface area contributed by atoms with Crippen molar-refractivity contribution in [3.05, 3.63) is 0 Å². The molecule has 0 aliphatic heterocycles. The Labute approximate surface area is 98.3 Å². The van der Waals surface area contributed by atoms with Crippen LogP contribution in [0.15, 0.2) is 0 Å². The third-order valence-electron chi connectivity index (χ3n) is 2.51. The highest BCUT2D eigenvalue weighted by Crippen LogP contribution is 2.27. The second kappa shape index (κ2) is 4.80. The Morgan fingerprint density at radius 2 is 0.933 bits per heavy atom. The van der Waals surface area contributed by atoms with E-state index in [1.54, 1.807) is 14.2 Å². The number of hydrogen-bond donors (Lipinski definition) is 0. The van der Waals surface area contributed by atoms with Crippen molar-refractivity contribution in [3.63, 3.8) is 0 Å². The zero-order chi connectivity index (χ0) is 12.5. The largest absolute Gasteiger partial charge is 0.410 e. The summed E-state index contributed by atoms with van der Waals surface area (Å²) in [6, 6.07) is 0. The Morgan fingerprint density at radius 3 is 1.00 bits per heavy atom. The average Bonchev–Trinajstić information content (AvgIpc) is 1.98. The zero-order valence-corrected chi connectivity index (χ0v) is 14.8. The molecule has 6 heteroatoms. The molecule has 0 saturated heterocycles. The van der Waals surface area contributed by atoms with Crippen LogP contribution in [0.4, 0.5) is 0 Å². The molecule has 0 aliphatic carbocycles. The van der Waals surface area contributed by atoms with Gasteiger partial charge in [0, 0.05) is 14.2 Å². The fourth-order valence-corrected chi connectivity index (χ4v) is 21.9. The second-order valence-corrected chi connectivity index (χ2v) is 20.0. The summed E-state index contributed by atoms with van der Waals surface area (Å²) >= 11 is 0. The molecular formula is C9H27NO2Si3. The van der Waals surface area contributed by atoms with Gasteiger partial charge in [0.05, 0.1) is 0 Å². The van der Waals surface area contributed by atoms with Crippen LogP contribution >= 0.6 is 0 Å². The van der Waals surface area contributed by atoms with Gasteiger partial charge in [0.15, 0.2) is 0 Å². The van der Waals surface area contributed by atoms with Crippen LogP contribution < -0.4 is 0 Å². The maximum absolute atomic E-state index is 5.71. The van der Waals surface area contributed by atoms with Crippen LogP contribution in [-0.2, 0) is 8.85 Å². The van der Waals surface area contributed by atoms with Crippen molar-refractivity contribution in [2.75, 3.05) is 14.2 Å². The molecule has 0 unspecified atom stereocenters. The van der Waals surface area contributed by atoms with Crippen LogP contribution in [0.3, 0.4) is 0 Å². The smallest absolute Gasteiger partial charge is 0.387 e. The molecule has 0 aromatic rings. The third kappa shape index (κ3) is 3.79. The van der Waals surface area contributed by atoms with E-state index in [0.29, 0.717) is 0 Å². The monoisotopic (exact) mass is 265 g/mol. The van der Waals surface area contributed by atoms with Crippen molar-refractivity contribution in [2.45, 2.75) is 45.8 Å². The number of hydrogen-bond acceptors (Lipinski definition) is 3. The van der Waals surface area contributed by atoms with Gasteiger partial charge in [-0.3, -0.25) is 0 Å². The average molecular weight is 266 g/mol. The first-order valence-electron chi connectivity index (χ1n) is 5.40. The van der Waals surface area contributed by atoms with Crippen molar-refractivity contribution in [2.24, 2.45) is 0 Å². The molecule has 0 aromatic carbocycles. The van der Waals surface area contributed by atoms with E-state index in [1.807, 2.05) is 0 Å². The first-order valence-corrected chi connectivity index (χ1v) is 14.6. The van der Waals surface area contributed by atoms with Crippen LogP contribution in [0.5, 0.6) is 0 Å². The number of rotatable bonds is 5. The van der Waals surface area contributed by atoms with Gasteiger partial charge >= 0.3 is 8.72 Å². The molecule has 0 aromatic heterocycles. The van der Waals surface area contributed by atoms with Crippen LogP contribution in [0, 0.1) is 0 Å². The Morgan fingerprint density at radius 1 is 0.667 bits per heavy atom. The van der Waals surface area contributed by atoms with Gasteiger partial charge in [-0.25, -0.2) is 0 Å². The first kappa shape index (κ1) is 15.5. The van der Waals surface area contributed by atoms with Crippen molar-refractivity contribution in [1.82, 2.24) is 3.90 Å². The predicted octanol–water partition coefficient (Wildman–Crippen LogP) is 2.82. The van der Waals surface area contributed by atoms with E-state index >= 15 is 0 Å². The van der Waals surface area contributed by atoms with Crippen LogP contribution in [0.1, 0.15) is 0 Å². The van der Waals surface area contributed by atoms with Crippen LogP contribution in [-0.4, -0.2) is 43.3 Å². The Bertz CT molecular complexity index is 192. The Balaban J connectivity index is 5.30. The van der Waals surface area contributed by atoms with Crippen molar-refractivity contribution < 1.29 is 8.85 Å². The fraction of sp³-hybridized carbons (Fsp3) is 1.00. The normalized spacial score (nSPS) is 14.8. The topological polar surface area (TPSA) is 21.7 Å². The summed E-state index contributed by atoms with van der Waals surface area (Å²) in [6.07, 6.45) is 0. The van der Waals surface area contributed by atoms with E-state index in [0.717, 1.165) is 0 Å². The quantitative estimate of drug-likeness (QED) is 0.714. The Kier molecular flexibility index (Phi) is 4.97. The summed E-state index contributed by atoms with van der Waals surface area (Å²) in [6.45, 7) is 16.4. The van der Waals surface area contributed by atoms with Crippen LogP contribution in [0.2, 0.25) is 45.8 Å². The lowest BCUT2D eigenvalue weighted by atomic mass is 11.8. The van der Waals surface area contributed by atoms with E-state index < -0.39 is 25.2 Å². The molecule has 0 radical (unpaired) electrons. The maximum Gasteiger partial charge on any atom is 0.410 e. The summed E-state index contributed by atoms with van der Waals surface area (Å²) in [7, 11) is -1.36. The summed E-state index contributed by atoms with van der Waals surface area (Å²) in [5, 5.41) is 0. The molecule has 0 N–H and O–H groups in total. The zero-order valence-electron chi connectivity index (χ0n) is 11.8. The van der Waals surface area contributed by atoms with E-state index in [9.17, 15) is 0 Å². The molecule has 3 nitrogen and oxygen atoms in total. The lowest BCUT2D eigenvalue weighted by Gasteiger charge is -2.50. The fourth-order valence-electron chi connectivity index (χ4n) is 2.49. The van der Waals surface area contributed by atoms with Crippen molar-refractivity contribution >= 4 is 25.2 Å². The molecule has 92 valence electrons. The van der Waals surface area contributed by atoms with E-state index in [-0.39, 0.29) is 0 Å². The van der Waals surface area contributed by atoms with Gasteiger partial charge in [-0.2, -0.15) is 0 Å². The SMILES string of the molecule is CO[Si](C)(OC)N([Si](C)(C)C)[Si](C)(C)C. The molecule has 0 spiro atoms. The summed E-state index contributed by atoms with van der Waals surface area (Å²) in [5.41, 5.74) is 0.